The van der Waals surface area contributed by atoms with Gasteiger partial charge in [0.2, 0.25) is 0 Å². The van der Waals surface area contributed by atoms with Crippen molar-refractivity contribution < 1.29 is 0 Å². The maximum atomic E-state index is 5.94. The lowest BCUT2D eigenvalue weighted by molar-refractivity contribution is 0.535. The molecule has 1 aliphatic carbocycles. The van der Waals surface area contributed by atoms with E-state index in [0.29, 0.717) is 6.04 Å². The molecule has 1 N–H and O–H groups in total. The summed E-state index contributed by atoms with van der Waals surface area (Å²) in [6, 6.07) is 11.2. The van der Waals surface area contributed by atoms with Crippen molar-refractivity contribution >= 4 is 38.9 Å². The van der Waals surface area contributed by atoms with Gasteiger partial charge in [-0.25, -0.2) is 0 Å². The van der Waals surface area contributed by atoms with Crippen LogP contribution in [0.5, 0.6) is 0 Å². The van der Waals surface area contributed by atoms with Gasteiger partial charge in [0.15, 0.2) is 0 Å². The van der Waals surface area contributed by atoms with E-state index in [1.165, 1.54) is 33.3 Å². The van der Waals surface area contributed by atoms with Crippen molar-refractivity contribution in [3.05, 3.63) is 55.1 Å². The molecular formula is C15H15BrClNS. The van der Waals surface area contributed by atoms with E-state index in [1.807, 2.05) is 6.07 Å². The van der Waals surface area contributed by atoms with E-state index in [4.69, 9.17) is 11.6 Å². The van der Waals surface area contributed by atoms with Crippen LogP contribution >= 0.6 is 38.9 Å². The molecule has 1 aromatic heterocycles. The number of fused-ring (bicyclic) bond motifs is 1. The van der Waals surface area contributed by atoms with E-state index in [-0.39, 0.29) is 0 Å². The molecule has 0 amide bonds. The Morgan fingerprint density at radius 2 is 2.21 bits per heavy atom. The second-order valence-electron chi connectivity index (χ2n) is 4.84. The Kier molecular flexibility index (Phi) is 4.27. The van der Waals surface area contributed by atoms with Crippen molar-refractivity contribution in [2.75, 3.05) is 6.54 Å². The van der Waals surface area contributed by atoms with Gasteiger partial charge in [0, 0.05) is 21.9 Å². The van der Waals surface area contributed by atoms with Gasteiger partial charge in [0.25, 0.3) is 0 Å². The van der Waals surface area contributed by atoms with Crippen molar-refractivity contribution in [3.63, 3.8) is 0 Å². The molecule has 0 radical (unpaired) electrons. The molecule has 0 fully saturated rings. The van der Waals surface area contributed by atoms with Crippen LogP contribution in [0.2, 0.25) is 4.34 Å². The van der Waals surface area contributed by atoms with Gasteiger partial charge in [-0.15, -0.1) is 11.3 Å². The SMILES string of the molecule is Clc1ccc(CCNC2CCc3cc(Br)ccc32)s1. The van der Waals surface area contributed by atoms with Gasteiger partial charge in [-0.05, 0) is 54.7 Å². The van der Waals surface area contributed by atoms with E-state index < -0.39 is 0 Å². The molecular weight excluding hydrogens is 342 g/mol. The van der Waals surface area contributed by atoms with Crippen molar-refractivity contribution in [2.45, 2.75) is 25.3 Å². The highest BCUT2D eigenvalue weighted by Crippen LogP contribution is 2.33. The van der Waals surface area contributed by atoms with Crippen LogP contribution in [0.4, 0.5) is 0 Å². The number of hydrogen-bond donors (Lipinski definition) is 1. The Labute approximate surface area is 131 Å². The van der Waals surface area contributed by atoms with E-state index in [0.717, 1.165) is 17.3 Å². The third kappa shape index (κ3) is 3.22. The zero-order chi connectivity index (χ0) is 13.2. The summed E-state index contributed by atoms with van der Waals surface area (Å²) >= 11 is 11.2. The lowest BCUT2D eigenvalue weighted by atomic mass is 10.1. The number of rotatable bonds is 4. The van der Waals surface area contributed by atoms with Crippen molar-refractivity contribution in [1.29, 1.82) is 0 Å². The van der Waals surface area contributed by atoms with E-state index in [1.54, 1.807) is 11.3 Å². The summed E-state index contributed by atoms with van der Waals surface area (Å²) in [6.45, 7) is 1.01. The molecule has 1 aliphatic rings. The maximum Gasteiger partial charge on any atom is 0.0931 e. The van der Waals surface area contributed by atoms with E-state index in [2.05, 4.69) is 45.5 Å². The fraction of sp³-hybridized carbons (Fsp3) is 0.333. The molecule has 19 heavy (non-hydrogen) atoms. The van der Waals surface area contributed by atoms with Gasteiger partial charge in [0.1, 0.15) is 0 Å². The minimum atomic E-state index is 0.513. The zero-order valence-corrected chi connectivity index (χ0v) is 13.6. The van der Waals surface area contributed by atoms with Crippen molar-refractivity contribution in [1.82, 2.24) is 5.32 Å². The first-order chi connectivity index (χ1) is 9.22. The van der Waals surface area contributed by atoms with Gasteiger partial charge >= 0.3 is 0 Å². The third-order valence-electron chi connectivity index (χ3n) is 3.57. The average molecular weight is 357 g/mol. The van der Waals surface area contributed by atoms with Crippen LogP contribution in [0.3, 0.4) is 0 Å². The molecule has 0 bridgehead atoms. The monoisotopic (exact) mass is 355 g/mol. The first-order valence-electron chi connectivity index (χ1n) is 6.48. The van der Waals surface area contributed by atoms with Crippen LogP contribution in [-0.2, 0) is 12.8 Å². The predicted molar refractivity (Wildman–Crippen MR) is 86.2 cm³/mol. The smallest absolute Gasteiger partial charge is 0.0931 e. The Morgan fingerprint density at radius 3 is 3.00 bits per heavy atom. The van der Waals surface area contributed by atoms with Crippen LogP contribution in [0.15, 0.2) is 34.8 Å². The van der Waals surface area contributed by atoms with Crippen LogP contribution < -0.4 is 5.32 Å². The van der Waals surface area contributed by atoms with Gasteiger partial charge < -0.3 is 5.32 Å². The Bertz CT molecular complexity index is 581. The summed E-state index contributed by atoms with van der Waals surface area (Å²) < 4.78 is 2.06. The molecule has 0 aliphatic heterocycles. The normalized spacial score (nSPS) is 17.7. The number of aryl methyl sites for hydroxylation is 1. The van der Waals surface area contributed by atoms with E-state index >= 15 is 0 Å². The molecule has 0 saturated carbocycles. The molecule has 1 heterocycles. The zero-order valence-electron chi connectivity index (χ0n) is 10.5. The number of hydrogen-bond acceptors (Lipinski definition) is 2. The Hall–Kier alpha value is -0.350. The molecule has 0 saturated heterocycles. The highest BCUT2D eigenvalue weighted by atomic mass is 79.9. The summed E-state index contributed by atoms with van der Waals surface area (Å²) in [5.41, 5.74) is 2.94. The molecule has 1 nitrogen and oxygen atoms in total. The maximum absolute atomic E-state index is 5.94. The fourth-order valence-electron chi connectivity index (χ4n) is 2.65. The largest absolute Gasteiger partial charge is 0.310 e. The first kappa shape index (κ1) is 13.6. The quantitative estimate of drug-likeness (QED) is 0.814. The van der Waals surface area contributed by atoms with Crippen LogP contribution in [0, 0.1) is 0 Å². The molecule has 4 heteroatoms. The van der Waals surface area contributed by atoms with Crippen molar-refractivity contribution in [2.24, 2.45) is 0 Å². The van der Waals surface area contributed by atoms with Gasteiger partial charge in [-0.3, -0.25) is 0 Å². The van der Waals surface area contributed by atoms with Gasteiger partial charge in [-0.2, -0.15) is 0 Å². The molecule has 1 aromatic carbocycles. The minimum Gasteiger partial charge on any atom is -0.310 e. The molecule has 2 aromatic rings. The Balaban J connectivity index is 1.58. The molecule has 1 atom stereocenters. The molecule has 100 valence electrons. The van der Waals surface area contributed by atoms with Crippen LogP contribution in [0.1, 0.15) is 28.5 Å². The van der Waals surface area contributed by atoms with Gasteiger partial charge in [0.05, 0.1) is 4.34 Å². The lowest BCUT2D eigenvalue weighted by Gasteiger charge is -2.13. The molecule has 1 unspecified atom stereocenters. The second-order valence-corrected chi connectivity index (χ2v) is 7.56. The minimum absolute atomic E-state index is 0.513. The van der Waals surface area contributed by atoms with E-state index in [9.17, 15) is 0 Å². The molecule has 3 rings (SSSR count). The standard InChI is InChI=1S/C15H15BrClNS/c16-11-2-4-13-10(9-11)1-5-14(13)18-8-7-12-3-6-15(17)19-12/h2-4,6,9,14,18H,1,5,7-8H2. The highest BCUT2D eigenvalue weighted by Gasteiger charge is 2.21. The summed E-state index contributed by atoms with van der Waals surface area (Å²) in [7, 11) is 0. The number of halogens is 2. The predicted octanol–water partition coefficient (Wildman–Crippen LogP) is 4.98. The Morgan fingerprint density at radius 1 is 1.32 bits per heavy atom. The summed E-state index contributed by atoms with van der Waals surface area (Å²) in [4.78, 5) is 1.35. The van der Waals surface area contributed by atoms with Crippen molar-refractivity contribution in [3.8, 4) is 0 Å². The third-order valence-corrected chi connectivity index (χ3v) is 5.36. The van der Waals surface area contributed by atoms with Crippen LogP contribution in [-0.4, -0.2) is 6.54 Å². The first-order valence-corrected chi connectivity index (χ1v) is 8.47. The summed E-state index contributed by atoms with van der Waals surface area (Å²) in [5.74, 6) is 0. The fourth-order valence-corrected chi connectivity index (χ4v) is 4.15. The summed E-state index contributed by atoms with van der Waals surface area (Å²) in [6.07, 6.45) is 3.44. The van der Waals surface area contributed by atoms with Gasteiger partial charge in [-0.1, -0.05) is 33.6 Å². The molecule has 0 spiro atoms. The number of nitrogens with one attached hydrogen (secondary N) is 1. The number of benzene rings is 1. The lowest BCUT2D eigenvalue weighted by Crippen LogP contribution is -2.21. The average Bonchev–Trinajstić information content (AvgIpc) is 2.96. The number of thiophene rings is 1. The highest BCUT2D eigenvalue weighted by molar-refractivity contribution is 9.10. The van der Waals surface area contributed by atoms with Crippen LogP contribution in [0.25, 0.3) is 0 Å². The summed E-state index contributed by atoms with van der Waals surface area (Å²) in [5, 5.41) is 3.66. The topological polar surface area (TPSA) is 12.0 Å². The second kappa shape index (κ2) is 5.96.